The van der Waals surface area contributed by atoms with Gasteiger partial charge in [0.2, 0.25) is 0 Å². The molecule has 2 rings (SSSR count). The van der Waals surface area contributed by atoms with Gasteiger partial charge >= 0.3 is 0 Å². The normalized spacial score (nSPS) is 14.8. The van der Waals surface area contributed by atoms with Crippen LogP contribution in [0.25, 0.3) is 0 Å². The average Bonchev–Trinajstić information content (AvgIpc) is 3.04. The van der Waals surface area contributed by atoms with Gasteiger partial charge in [-0.2, -0.15) is 0 Å². The second-order valence-electron chi connectivity index (χ2n) is 4.67. The number of carbonyl (C=O) groups is 1. The Bertz CT molecular complexity index is 425. The van der Waals surface area contributed by atoms with Crippen LogP contribution in [0.1, 0.15) is 37.0 Å². The van der Waals surface area contributed by atoms with E-state index in [1.54, 1.807) is 18.2 Å². The molecule has 1 fully saturated rings. The maximum Gasteiger partial charge on any atom is 0.251 e. The summed E-state index contributed by atoms with van der Waals surface area (Å²) in [5, 5.41) is 2.92. The Morgan fingerprint density at radius 3 is 2.71 bits per heavy atom. The van der Waals surface area contributed by atoms with Gasteiger partial charge in [-0.1, -0.05) is 0 Å². The van der Waals surface area contributed by atoms with Gasteiger partial charge in [0.25, 0.3) is 5.91 Å². The van der Waals surface area contributed by atoms with E-state index in [4.69, 9.17) is 10.5 Å². The predicted molar refractivity (Wildman–Crippen MR) is 67.1 cm³/mol. The fourth-order valence-corrected chi connectivity index (χ4v) is 1.55. The zero-order valence-electron chi connectivity index (χ0n) is 10.2. The highest BCUT2D eigenvalue weighted by Gasteiger charge is 2.24. The number of amides is 1. The van der Waals surface area contributed by atoms with Crippen LogP contribution < -0.4 is 15.8 Å². The topological polar surface area (TPSA) is 64.3 Å². The lowest BCUT2D eigenvalue weighted by Gasteiger charge is -2.13. The minimum atomic E-state index is -0.0599. The van der Waals surface area contributed by atoms with Gasteiger partial charge < -0.3 is 15.8 Å². The van der Waals surface area contributed by atoms with E-state index < -0.39 is 0 Å². The van der Waals surface area contributed by atoms with Crippen molar-refractivity contribution in [2.75, 3.05) is 5.73 Å². The van der Waals surface area contributed by atoms with E-state index >= 15 is 0 Å². The molecule has 4 nitrogen and oxygen atoms in total. The van der Waals surface area contributed by atoms with Crippen LogP contribution in [0.5, 0.6) is 5.75 Å². The quantitative estimate of drug-likeness (QED) is 0.783. The first-order valence-electron chi connectivity index (χ1n) is 5.93. The molecule has 0 radical (unpaired) electrons. The summed E-state index contributed by atoms with van der Waals surface area (Å²) in [5.41, 5.74) is 6.94. The fraction of sp³-hybridized carbons (Fsp3) is 0.462. The second-order valence-corrected chi connectivity index (χ2v) is 4.67. The molecule has 1 saturated carbocycles. The third-order valence-corrected chi connectivity index (χ3v) is 2.55. The summed E-state index contributed by atoms with van der Waals surface area (Å²) < 4.78 is 5.52. The molecule has 1 amide bonds. The number of carbonyl (C=O) groups excluding carboxylic acids is 1. The third-order valence-electron chi connectivity index (χ3n) is 2.55. The molecule has 17 heavy (non-hydrogen) atoms. The molecule has 0 aliphatic heterocycles. The molecule has 0 saturated heterocycles. The van der Waals surface area contributed by atoms with Crippen molar-refractivity contribution in [1.29, 1.82) is 0 Å². The molecule has 1 aliphatic rings. The molecule has 0 unspecified atom stereocenters. The van der Waals surface area contributed by atoms with Crippen LogP contribution in [0.2, 0.25) is 0 Å². The number of anilines is 1. The van der Waals surface area contributed by atoms with Gasteiger partial charge in [0.1, 0.15) is 5.75 Å². The van der Waals surface area contributed by atoms with Crippen molar-refractivity contribution in [3.8, 4) is 5.75 Å². The average molecular weight is 234 g/mol. The highest BCUT2D eigenvalue weighted by Crippen LogP contribution is 2.24. The lowest BCUT2D eigenvalue weighted by molar-refractivity contribution is 0.0951. The van der Waals surface area contributed by atoms with Gasteiger partial charge in [-0.05, 0) is 44.9 Å². The molecule has 1 aromatic rings. The van der Waals surface area contributed by atoms with Crippen molar-refractivity contribution >= 4 is 11.6 Å². The van der Waals surface area contributed by atoms with Crippen molar-refractivity contribution in [2.45, 2.75) is 38.8 Å². The van der Waals surface area contributed by atoms with Crippen LogP contribution in [0.15, 0.2) is 18.2 Å². The highest BCUT2D eigenvalue weighted by atomic mass is 16.5. The van der Waals surface area contributed by atoms with E-state index in [2.05, 4.69) is 5.32 Å². The molecular formula is C13H18N2O2. The number of ether oxygens (including phenoxy) is 1. The molecule has 0 aromatic heterocycles. The molecular weight excluding hydrogens is 216 g/mol. The minimum Gasteiger partial charge on any atom is -0.489 e. The molecule has 1 aliphatic carbocycles. The summed E-state index contributed by atoms with van der Waals surface area (Å²) in [6.07, 6.45) is 2.23. The summed E-state index contributed by atoms with van der Waals surface area (Å²) in [6.45, 7) is 3.88. The van der Waals surface area contributed by atoms with E-state index in [9.17, 15) is 4.79 Å². The van der Waals surface area contributed by atoms with Crippen LogP contribution in [0.4, 0.5) is 5.69 Å². The minimum absolute atomic E-state index is 0.0599. The van der Waals surface area contributed by atoms with E-state index in [1.165, 1.54) is 0 Å². The zero-order chi connectivity index (χ0) is 12.4. The van der Waals surface area contributed by atoms with E-state index in [0.29, 0.717) is 23.0 Å². The molecule has 92 valence electrons. The van der Waals surface area contributed by atoms with Gasteiger partial charge in [0.05, 0.1) is 11.8 Å². The van der Waals surface area contributed by atoms with Gasteiger partial charge in [0.15, 0.2) is 0 Å². The Labute approximate surface area is 101 Å². The Morgan fingerprint density at radius 2 is 2.18 bits per heavy atom. The summed E-state index contributed by atoms with van der Waals surface area (Å²) in [5.74, 6) is 0.568. The maximum atomic E-state index is 11.8. The van der Waals surface area contributed by atoms with Crippen LogP contribution in [0.3, 0.4) is 0 Å². The standard InChI is InChI=1S/C13H18N2O2/c1-8(2)17-12-6-3-9(7-11(12)14)13(16)15-10-4-5-10/h3,6-8,10H,4-5,14H2,1-2H3,(H,15,16). The molecule has 0 spiro atoms. The van der Waals surface area contributed by atoms with Crippen molar-refractivity contribution in [2.24, 2.45) is 0 Å². The number of benzene rings is 1. The van der Waals surface area contributed by atoms with Crippen LogP contribution in [-0.4, -0.2) is 18.1 Å². The Kier molecular flexibility index (Phi) is 3.22. The first-order chi connectivity index (χ1) is 8.06. The molecule has 4 heteroatoms. The Morgan fingerprint density at radius 1 is 1.47 bits per heavy atom. The highest BCUT2D eigenvalue weighted by molar-refractivity contribution is 5.95. The number of nitrogens with two attached hydrogens (primary N) is 1. The molecule has 1 aromatic carbocycles. The van der Waals surface area contributed by atoms with Gasteiger partial charge in [-0.25, -0.2) is 0 Å². The number of hydrogen-bond acceptors (Lipinski definition) is 3. The van der Waals surface area contributed by atoms with E-state index in [-0.39, 0.29) is 12.0 Å². The Balaban J connectivity index is 2.08. The van der Waals surface area contributed by atoms with Crippen LogP contribution in [0, 0.1) is 0 Å². The van der Waals surface area contributed by atoms with E-state index in [1.807, 2.05) is 13.8 Å². The third kappa shape index (κ3) is 3.12. The summed E-state index contributed by atoms with van der Waals surface area (Å²) >= 11 is 0. The smallest absolute Gasteiger partial charge is 0.251 e. The molecule has 3 N–H and O–H groups in total. The first-order valence-corrected chi connectivity index (χ1v) is 5.93. The number of hydrogen-bond donors (Lipinski definition) is 2. The van der Waals surface area contributed by atoms with E-state index in [0.717, 1.165) is 12.8 Å². The molecule has 0 heterocycles. The summed E-state index contributed by atoms with van der Waals surface area (Å²) in [7, 11) is 0. The summed E-state index contributed by atoms with van der Waals surface area (Å²) in [4.78, 5) is 11.8. The largest absolute Gasteiger partial charge is 0.489 e. The monoisotopic (exact) mass is 234 g/mol. The zero-order valence-corrected chi connectivity index (χ0v) is 10.2. The molecule has 0 atom stereocenters. The second kappa shape index (κ2) is 4.65. The van der Waals surface area contributed by atoms with Gasteiger partial charge in [-0.15, -0.1) is 0 Å². The summed E-state index contributed by atoms with van der Waals surface area (Å²) in [6, 6.07) is 5.51. The fourth-order valence-electron chi connectivity index (χ4n) is 1.55. The SMILES string of the molecule is CC(C)Oc1ccc(C(=O)NC2CC2)cc1N. The number of nitrogen functional groups attached to an aromatic ring is 1. The first kappa shape index (κ1) is 11.8. The predicted octanol–water partition coefficient (Wildman–Crippen LogP) is 1.95. The van der Waals surface area contributed by atoms with Gasteiger partial charge in [-0.3, -0.25) is 4.79 Å². The van der Waals surface area contributed by atoms with Crippen molar-refractivity contribution < 1.29 is 9.53 Å². The lowest BCUT2D eigenvalue weighted by Crippen LogP contribution is -2.25. The number of nitrogens with one attached hydrogen (secondary N) is 1. The molecule has 0 bridgehead atoms. The van der Waals surface area contributed by atoms with Crippen LogP contribution in [-0.2, 0) is 0 Å². The van der Waals surface area contributed by atoms with Crippen molar-refractivity contribution in [1.82, 2.24) is 5.32 Å². The van der Waals surface area contributed by atoms with Gasteiger partial charge in [0, 0.05) is 11.6 Å². The van der Waals surface area contributed by atoms with Crippen molar-refractivity contribution in [3.05, 3.63) is 23.8 Å². The Hall–Kier alpha value is -1.71. The van der Waals surface area contributed by atoms with Crippen molar-refractivity contribution in [3.63, 3.8) is 0 Å². The number of rotatable bonds is 4. The van der Waals surface area contributed by atoms with Crippen LogP contribution >= 0.6 is 0 Å². The maximum absolute atomic E-state index is 11.8. The lowest BCUT2D eigenvalue weighted by atomic mass is 10.1.